The van der Waals surface area contributed by atoms with Crippen LogP contribution in [0.25, 0.3) is 6.08 Å². The van der Waals surface area contributed by atoms with E-state index in [0.717, 1.165) is 16.9 Å². The van der Waals surface area contributed by atoms with Crippen LogP contribution >= 0.6 is 0 Å². The average molecular weight is 322 g/mol. The maximum atomic E-state index is 9.12. The van der Waals surface area contributed by atoms with E-state index in [9.17, 15) is 0 Å². The molecule has 1 N–H and O–H groups in total. The normalized spacial score (nSPS) is 16.5. The number of hydrazone groups is 1. The first-order valence-corrected chi connectivity index (χ1v) is 7.75. The number of ether oxygens (including phenoxy) is 1. The molecule has 2 aromatic rings. The lowest BCUT2D eigenvalue weighted by Gasteiger charge is -2.22. The Labute approximate surface area is 140 Å². The van der Waals surface area contributed by atoms with Gasteiger partial charge in [0.2, 0.25) is 11.6 Å². The van der Waals surface area contributed by atoms with Crippen molar-refractivity contribution in [1.29, 1.82) is 5.26 Å². The molecule has 1 aliphatic heterocycles. The Morgan fingerprint density at radius 1 is 1.38 bits per heavy atom. The lowest BCUT2D eigenvalue weighted by molar-refractivity contribution is 0.260. The number of nitrogens with one attached hydrogen (secondary N) is 1. The van der Waals surface area contributed by atoms with E-state index in [1.54, 1.807) is 6.21 Å². The third kappa shape index (κ3) is 3.15. The summed E-state index contributed by atoms with van der Waals surface area (Å²) in [4.78, 5) is 4.13. The van der Waals surface area contributed by atoms with Gasteiger partial charge < -0.3 is 9.15 Å². The average Bonchev–Trinajstić information content (AvgIpc) is 2.99. The van der Waals surface area contributed by atoms with Crippen molar-refractivity contribution in [2.75, 3.05) is 5.43 Å². The Kier molecular flexibility index (Phi) is 4.34. The molecule has 0 amide bonds. The maximum absolute atomic E-state index is 9.12. The van der Waals surface area contributed by atoms with Gasteiger partial charge in [-0.05, 0) is 19.1 Å². The van der Waals surface area contributed by atoms with E-state index in [1.807, 2.05) is 57.2 Å². The van der Waals surface area contributed by atoms with Crippen LogP contribution in [0.3, 0.4) is 0 Å². The van der Waals surface area contributed by atoms with Crippen molar-refractivity contribution in [3.8, 4) is 11.8 Å². The fourth-order valence-corrected chi connectivity index (χ4v) is 2.31. The van der Waals surface area contributed by atoms with E-state index in [1.165, 1.54) is 0 Å². The quantitative estimate of drug-likeness (QED) is 0.681. The fraction of sp³-hybridized carbons (Fsp3) is 0.278. The Balaban J connectivity index is 1.78. The first kappa shape index (κ1) is 15.8. The molecule has 0 saturated carbocycles. The van der Waals surface area contributed by atoms with Crippen LogP contribution in [-0.2, 0) is 0 Å². The first-order valence-electron chi connectivity index (χ1n) is 7.75. The summed E-state index contributed by atoms with van der Waals surface area (Å²) in [7, 11) is 0. The first-order chi connectivity index (χ1) is 11.6. The van der Waals surface area contributed by atoms with Crippen molar-refractivity contribution in [3.05, 3.63) is 47.0 Å². The zero-order valence-electron chi connectivity index (χ0n) is 13.8. The second-order valence-electron chi connectivity index (χ2n) is 5.81. The summed E-state index contributed by atoms with van der Waals surface area (Å²) in [6, 6.07) is 9.83. The molecule has 24 heavy (non-hydrogen) atoms. The van der Waals surface area contributed by atoms with Crippen molar-refractivity contribution in [3.63, 3.8) is 0 Å². The number of benzene rings is 1. The predicted octanol–water partition coefficient (Wildman–Crippen LogP) is 3.93. The van der Waals surface area contributed by atoms with Gasteiger partial charge in [-0.1, -0.05) is 32.0 Å². The molecule has 1 aromatic carbocycles. The number of fused-ring (bicyclic) bond motifs is 1. The van der Waals surface area contributed by atoms with Crippen LogP contribution in [0.2, 0.25) is 0 Å². The van der Waals surface area contributed by atoms with Gasteiger partial charge >= 0.3 is 0 Å². The molecule has 1 unspecified atom stereocenters. The minimum Gasteiger partial charge on any atom is -0.485 e. The van der Waals surface area contributed by atoms with Crippen molar-refractivity contribution in [2.45, 2.75) is 32.8 Å². The molecule has 0 bridgehead atoms. The third-order valence-electron chi connectivity index (χ3n) is 3.64. The Morgan fingerprint density at radius 2 is 2.17 bits per heavy atom. The molecule has 1 aliphatic rings. The lowest BCUT2D eigenvalue weighted by Crippen LogP contribution is -2.19. The summed E-state index contributed by atoms with van der Waals surface area (Å²) < 4.78 is 11.4. The van der Waals surface area contributed by atoms with Crippen LogP contribution in [0, 0.1) is 11.3 Å². The molecular weight excluding hydrogens is 304 g/mol. The zero-order valence-corrected chi connectivity index (χ0v) is 13.8. The van der Waals surface area contributed by atoms with E-state index in [4.69, 9.17) is 14.4 Å². The van der Waals surface area contributed by atoms with Crippen molar-refractivity contribution < 1.29 is 9.15 Å². The number of para-hydroxylation sites is 1. The van der Waals surface area contributed by atoms with Crippen LogP contribution in [0.5, 0.6) is 5.75 Å². The standard InChI is InChI=1S/C18H18N4O2/c1-11(2)17-21-15(9-19)18(24-17)22-20-10-14-8-13-6-4-5-7-16(13)23-12(14)3/h4-8,10-12,22H,1-3H3/b20-10+. The van der Waals surface area contributed by atoms with Gasteiger partial charge in [-0.15, -0.1) is 0 Å². The van der Waals surface area contributed by atoms with Gasteiger partial charge in [0.25, 0.3) is 5.88 Å². The number of aromatic nitrogens is 1. The molecular formula is C18H18N4O2. The summed E-state index contributed by atoms with van der Waals surface area (Å²) in [5.41, 5.74) is 4.88. The van der Waals surface area contributed by atoms with Crippen molar-refractivity contribution in [2.24, 2.45) is 5.10 Å². The summed E-state index contributed by atoms with van der Waals surface area (Å²) >= 11 is 0. The number of anilines is 1. The molecule has 1 atom stereocenters. The highest BCUT2D eigenvalue weighted by atomic mass is 16.5. The Bertz CT molecular complexity index is 843. The topological polar surface area (TPSA) is 83.4 Å². The highest BCUT2D eigenvalue weighted by molar-refractivity contribution is 5.89. The number of oxazole rings is 1. The molecule has 0 saturated heterocycles. The number of nitrogens with zero attached hydrogens (tertiary/aromatic N) is 3. The Morgan fingerprint density at radius 3 is 2.92 bits per heavy atom. The molecule has 0 fully saturated rings. The number of hydrogen-bond donors (Lipinski definition) is 1. The van der Waals surface area contributed by atoms with Crippen LogP contribution in [-0.4, -0.2) is 17.3 Å². The summed E-state index contributed by atoms with van der Waals surface area (Å²) in [6.07, 6.45) is 3.58. The summed E-state index contributed by atoms with van der Waals surface area (Å²) in [5.74, 6) is 1.72. The molecule has 0 aliphatic carbocycles. The van der Waals surface area contributed by atoms with Gasteiger partial charge in [0, 0.05) is 17.1 Å². The smallest absolute Gasteiger partial charge is 0.252 e. The number of nitriles is 1. The largest absolute Gasteiger partial charge is 0.485 e. The molecule has 6 nitrogen and oxygen atoms in total. The molecule has 3 rings (SSSR count). The highest BCUT2D eigenvalue weighted by Gasteiger charge is 2.18. The van der Waals surface area contributed by atoms with Gasteiger partial charge in [0.05, 0.1) is 6.21 Å². The fourth-order valence-electron chi connectivity index (χ4n) is 2.31. The monoisotopic (exact) mass is 322 g/mol. The molecule has 6 heteroatoms. The number of rotatable bonds is 4. The van der Waals surface area contributed by atoms with E-state index in [2.05, 4.69) is 15.5 Å². The second-order valence-corrected chi connectivity index (χ2v) is 5.81. The van der Waals surface area contributed by atoms with E-state index in [0.29, 0.717) is 5.89 Å². The van der Waals surface area contributed by atoms with Gasteiger partial charge in [-0.3, -0.25) is 0 Å². The van der Waals surface area contributed by atoms with Gasteiger partial charge in [-0.25, -0.2) is 10.4 Å². The highest BCUT2D eigenvalue weighted by Crippen LogP contribution is 2.28. The van der Waals surface area contributed by atoms with Crippen LogP contribution in [0.4, 0.5) is 5.88 Å². The molecule has 1 aromatic heterocycles. The summed E-state index contributed by atoms with van der Waals surface area (Å²) in [5, 5.41) is 13.3. The lowest BCUT2D eigenvalue weighted by atomic mass is 10.0. The van der Waals surface area contributed by atoms with Crippen LogP contribution < -0.4 is 10.2 Å². The second kappa shape index (κ2) is 6.59. The van der Waals surface area contributed by atoms with Crippen molar-refractivity contribution >= 4 is 18.2 Å². The minimum absolute atomic E-state index is 0.0996. The SMILES string of the molecule is CC1Oc2ccccc2C=C1/C=N/Nc1oc(C(C)C)nc1C#N. The maximum Gasteiger partial charge on any atom is 0.252 e. The van der Waals surface area contributed by atoms with Gasteiger partial charge in [0.15, 0.2) is 0 Å². The van der Waals surface area contributed by atoms with E-state index < -0.39 is 0 Å². The number of hydrogen-bond acceptors (Lipinski definition) is 6. The third-order valence-corrected chi connectivity index (χ3v) is 3.64. The Hall–Kier alpha value is -3.07. The molecule has 0 spiro atoms. The zero-order chi connectivity index (χ0) is 17.1. The van der Waals surface area contributed by atoms with E-state index >= 15 is 0 Å². The van der Waals surface area contributed by atoms with Crippen LogP contribution in [0.15, 0.2) is 39.4 Å². The van der Waals surface area contributed by atoms with Gasteiger partial charge in [0.1, 0.15) is 17.9 Å². The van der Waals surface area contributed by atoms with Crippen LogP contribution in [0.1, 0.15) is 43.8 Å². The van der Waals surface area contributed by atoms with Crippen molar-refractivity contribution in [1.82, 2.24) is 4.98 Å². The molecule has 122 valence electrons. The molecule has 0 radical (unpaired) electrons. The van der Waals surface area contributed by atoms with E-state index in [-0.39, 0.29) is 23.6 Å². The van der Waals surface area contributed by atoms with Gasteiger partial charge in [-0.2, -0.15) is 10.4 Å². The molecule has 2 heterocycles. The minimum atomic E-state index is -0.109. The summed E-state index contributed by atoms with van der Waals surface area (Å²) in [6.45, 7) is 5.85. The predicted molar refractivity (Wildman–Crippen MR) is 91.9 cm³/mol.